The number of rotatable bonds is 5. The summed E-state index contributed by atoms with van der Waals surface area (Å²) in [6, 6.07) is 4.03. The minimum absolute atomic E-state index is 0.108. The second kappa shape index (κ2) is 8.24. The van der Waals surface area contributed by atoms with Crippen LogP contribution in [0.5, 0.6) is 0 Å². The first kappa shape index (κ1) is 15.3. The molecule has 0 spiro atoms. The quantitative estimate of drug-likeness (QED) is 0.428. The van der Waals surface area contributed by atoms with Crippen molar-refractivity contribution in [2.75, 3.05) is 20.1 Å². The number of amides is 1. The molecular formula is C15H23N5O. The first-order chi connectivity index (χ1) is 10.3. The predicted octanol–water partition coefficient (Wildman–Crippen LogP) is 0.919. The highest BCUT2D eigenvalue weighted by Gasteiger charge is 2.15. The number of guanidine groups is 1. The Kier molecular flexibility index (Phi) is 5.99. The maximum Gasteiger partial charge on any atom is 0.252 e. The van der Waals surface area contributed by atoms with Crippen molar-refractivity contribution in [3.63, 3.8) is 0 Å². The van der Waals surface area contributed by atoms with Crippen molar-refractivity contribution in [1.82, 2.24) is 20.9 Å². The molecule has 1 fully saturated rings. The van der Waals surface area contributed by atoms with Gasteiger partial charge < -0.3 is 16.0 Å². The van der Waals surface area contributed by atoms with E-state index in [4.69, 9.17) is 0 Å². The first-order valence-corrected chi connectivity index (χ1v) is 7.45. The smallest absolute Gasteiger partial charge is 0.252 e. The third kappa shape index (κ3) is 5.06. The molecule has 1 saturated carbocycles. The number of aliphatic imine (C=N–C) groups is 1. The Morgan fingerprint density at radius 3 is 2.76 bits per heavy atom. The second-order valence-corrected chi connectivity index (χ2v) is 5.12. The van der Waals surface area contributed by atoms with E-state index in [9.17, 15) is 4.79 Å². The van der Waals surface area contributed by atoms with Crippen molar-refractivity contribution in [1.29, 1.82) is 0 Å². The molecule has 3 N–H and O–H groups in total. The van der Waals surface area contributed by atoms with E-state index >= 15 is 0 Å². The Morgan fingerprint density at radius 1 is 1.33 bits per heavy atom. The Labute approximate surface area is 125 Å². The zero-order chi connectivity index (χ0) is 14.9. The fourth-order valence-electron chi connectivity index (χ4n) is 2.41. The largest absolute Gasteiger partial charge is 0.355 e. The van der Waals surface area contributed by atoms with E-state index in [1.807, 2.05) is 0 Å². The molecule has 1 aliphatic carbocycles. The van der Waals surface area contributed by atoms with Crippen molar-refractivity contribution in [3.05, 3.63) is 30.1 Å². The van der Waals surface area contributed by atoms with Crippen LogP contribution in [-0.4, -0.2) is 43.0 Å². The molecule has 6 heteroatoms. The maximum atomic E-state index is 11.8. The van der Waals surface area contributed by atoms with Gasteiger partial charge in [-0.05, 0) is 25.0 Å². The average Bonchev–Trinajstić information content (AvgIpc) is 3.04. The Balaban J connectivity index is 1.65. The van der Waals surface area contributed by atoms with E-state index in [-0.39, 0.29) is 5.91 Å². The van der Waals surface area contributed by atoms with Gasteiger partial charge in [0, 0.05) is 38.6 Å². The molecule has 1 amide bonds. The first-order valence-electron chi connectivity index (χ1n) is 7.45. The topological polar surface area (TPSA) is 78.4 Å². The van der Waals surface area contributed by atoms with Crippen LogP contribution < -0.4 is 16.0 Å². The summed E-state index contributed by atoms with van der Waals surface area (Å²) in [7, 11) is 1.76. The molecule has 0 radical (unpaired) electrons. The van der Waals surface area contributed by atoms with Crippen LogP contribution in [0.1, 0.15) is 36.0 Å². The molecule has 2 rings (SSSR count). The van der Waals surface area contributed by atoms with E-state index < -0.39 is 0 Å². The number of hydrogen-bond acceptors (Lipinski definition) is 3. The van der Waals surface area contributed by atoms with Crippen LogP contribution in [0.4, 0.5) is 0 Å². The number of carbonyl (C=O) groups excluding carboxylic acids is 1. The highest BCUT2D eigenvalue weighted by atomic mass is 16.1. The minimum atomic E-state index is -0.108. The van der Waals surface area contributed by atoms with Crippen molar-refractivity contribution in [2.45, 2.75) is 31.7 Å². The molecule has 21 heavy (non-hydrogen) atoms. The summed E-state index contributed by atoms with van der Waals surface area (Å²) in [5, 5.41) is 9.46. The van der Waals surface area contributed by atoms with Gasteiger partial charge in [-0.15, -0.1) is 0 Å². The predicted molar refractivity (Wildman–Crippen MR) is 83.3 cm³/mol. The molecule has 0 bridgehead atoms. The number of pyridine rings is 1. The van der Waals surface area contributed by atoms with Crippen molar-refractivity contribution in [3.8, 4) is 0 Å². The molecule has 6 nitrogen and oxygen atoms in total. The van der Waals surface area contributed by atoms with Crippen molar-refractivity contribution < 1.29 is 4.79 Å². The van der Waals surface area contributed by atoms with Gasteiger partial charge in [0.25, 0.3) is 5.91 Å². The molecule has 0 unspecified atom stereocenters. The Hall–Kier alpha value is -2.11. The summed E-state index contributed by atoms with van der Waals surface area (Å²) >= 11 is 0. The van der Waals surface area contributed by atoms with E-state index in [1.54, 1.807) is 31.6 Å². The van der Waals surface area contributed by atoms with Gasteiger partial charge >= 0.3 is 0 Å². The van der Waals surface area contributed by atoms with Crippen LogP contribution in [0.3, 0.4) is 0 Å². The van der Waals surface area contributed by atoms with Crippen LogP contribution in [-0.2, 0) is 0 Å². The molecule has 0 aliphatic heterocycles. The van der Waals surface area contributed by atoms with Crippen LogP contribution in [0.25, 0.3) is 0 Å². The summed E-state index contributed by atoms with van der Waals surface area (Å²) in [6.07, 6.45) is 8.20. The van der Waals surface area contributed by atoms with E-state index in [0.29, 0.717) is 24.7 Å². The molecule has 114 valence electrons. The molecule has 1 aromatic rings. The van der Waals surface area contributed by atoms with Gasteiger partial charge in [0.1, 0.15) is 0 Å². The number of carbonyl (C=O) groups is 1. The average molecular weight is 289 g/mol. The van der Waals surface area contributed by atoms with Gasteiger partial charge in [-0.25, -0.2) is 0 Å². The summed E-state index contributed by atoms with van der Waals surface area (Å²) in [6.45, 7) is 1.18. The van der Waals surface area contributed by atoms with Gasteiger partial charge in [-0.2, -0.15) is 0 Å². The van der Waals surface area contributed by atoms with E-state index in [0.717, 1.165) is 5.96 Å². The normalized spacial score (nSPS) is 15.8. The summed E-state index contributed by atoms with van der Waals surface area (Å²) in [5.41, 5.74) is 0.575. The highest BCUT2D eigenvalue weighted by molar-refractivity contribution is 5.93. The summed E-state index contributed by atoms with van der Waals surface area (Å²) in [5.74, 6) is 0.696. The maximum absolute atomic E-state index is 11.8. The van der Waals surface area contributed by atoms with Crippen molar-refractivity contribution in [2.24, 2.45) is 4.99 Å². The fraction of sp³-hybridized carbons (Fsp3) is 0.533. The molecule has 0 aromatic carbocycles. The zero-order valence-corrected chi connectivity index (χ0v) is 12.4. The summed E-state index contributed by atoms with van der Waals surface area (Å²) in [4.78, 5) is 19.9. The van der Waals surface area contributed by atoms with Crippen molar-refractivity contribution >= 4 is 11.9 Å². The SMILES string of the molecule is CN=C(NCCNC(=O)c1cccnc1)NC1CCCC1. The Bertz CT molecular complexity index is 468. The lowest BCUT2D eigenvalue weighted by molar-refractivity contribution is 0.0954. The lowest BCUT2D eigenvalue weighted by Crippen LogP contribution is -2.44. The molecule has 0 atom stereocenters. The molecule has 1 aromatic heterocycles. The molecule has 1 aliphatic rings. The van der Waals surface area contributed by atoms with Crippen LogP contribution in [0, 0.1) is 0 Å². The van der Waals surface area contributed by atoms with Gasteiger partial charge in [0.15, 0.2) is 5.96 Å². The highest BCUT2D eigenvalue weighted by Crippen LogP contribution is 2.17. The van der Waals surface area contributed by atoms with Gasteiger partial charge in [-0.3, -0.25) is 14.8 Å². The van der Waals surface area contributed by atoms with Gasteiger partial charge in [0.05, 0.1) is 5.56 Å². The molecule has 1 heterocycles. The third-order valence-electron chi connectivity index (χ3n) is 3.55. The standard InChI is InChI=1S/C15H23N5O/c1-16-15(20-13-6-2-3-7-13)19-10-9-18-14(21)12-5-4-8-17-11-12/h4-5,8,11,13H,2-3,6-7,9-10H2,1H3,(H,18,21)(H2,16,19,20). The number of aromatic nitrogens is 1. The van der Waals surface area contributed by atoms with E-state index in [2.05, 4.69) is 25.9 Å². The van der Waals surface area contributed by atoms with Crippen LogP contribution in [0.15, 0.2) is 29.5 Å². The lowest BCUT2D eigenvalue weighted by atomic mass is 10.2. The number of nitrogens with one attached hydrogen (secondary N) is 3. The van der Waals surface area contributed by atoms with E-state index in [1.165, 1.54) is 25.7 Å². The van der Waals surface area contributed by atoms with Gasteiger partial charge in [-0.1, -0.05) is 12.8 Å². The third-order valence-corrected chi connectivity index (χ3v) is 3.55. The fourth-order valence-corrected chi connectivity index (χ4v) is 2.41. The number of hydrogen-bond donors (Lipinski definition) is 3. The monoisotopic (exact) mass is 289 g/mol. The molecule has 0 saturated heterocycles. The van der Waals surface area contributed by atoms with Gasteiger partial charge in [0.2, 0.25) is 0 Å². The minimum Gasteiger partial charge on any atom is -0.355 e. The second-order valence-electron chi connectivity index (χ2n) is 5.12. The lowest BCUT2D eigenvalue weighted by Gasteiger charge is -2.16. The van der Waals surface area contributed by atoms with Crippen LogP contribution >= 0.6 is 0 Å². The summed E-state index contributed by atoms with van der Waals surface area (Å²) < 4.78 is 0. The number of nitrogens with zero attached hydrogens (tertiary/aromatic N) is 2. The van der Waals surface area contributed by atoms with Crippen LogP contribution in [0.2, 0.25) is 0 Å². The Morgan fingerprint density at radius 2 is 2.10 bits per heavy atom. The zero-order valence-electron chi connectivity index (χ0n) is 12.4. The molecular weight excluding hydrogens is 266 g/mol.